The van der Waals surface area contributed by atoms with Crippen LogP contribution in [-0.2, 0) is 11.2 Å². The lowest BCUT2D eigenvalue weighted by Crippen LogP contribution is -2.38. The van der Waals surface area contributed by atoms with Crippen molar-refractivity contribution in [2.75, 3.05) is 0 Å². The Morgan fingerprint density at radius 1 is 1.35 bits per heavy atom. The summed E-state index contributed by atoms with van der Waals surface area (Å²) in [7, 11) is 0. The number of carbonyl (C=O) groups excluding carboxylic acids is 1. The first-order valence-corrected chi connectivity index (χ1v) is 8.54. The van der Waals surface area contributed by atoms with Crippen molar-refractivity contribution < 1.29 is 9.53 Å². The fourth-order valence-corrected chi connectivity index (χ4v) is 2.70. The summed E-state index contributed by atoms with van der Waals surface area (Å²) >= 11 is 0. The molecule has 0 heterocycles. The van der Waals surface area contributed by atoms with Gasteiger partial charge < -0.3 is 15.4 Å². The van der Waals surface area contributed by atoms with Crippen LogP contribution in [0.2, 0.25) is 0 Å². The smallest absolute Gasteiger partial charge is 0.407 e. The van der Waals surface area contributed by atoms with Crippen LogP contribution in [0.15, 0.2) is 24.3 Å². The molecule has 0 spiro atoms. The molecule has 128 valence electrons. The minimum atomic E-state index is -0.441. The standard InChI is InChI=1S/C19H30N2O2/c1-13-7-6-8-15(11-13)10-9-14(2)20-16-12-17(16)21-18(22)23-19(3,4)5/h6-8,11,14,16-17,20H,9-10,12H2,1-5H3,(H,21,22). The van der Waals surface area contributed by atoms with Crippen molar-refractivity contribution in [2.45, 2.75) is 77.6 Å². The molecule has 2 rings (SSSR count). The molecule has 0 saturated heterocycles. The van der Waals surface area contributed by atoms with Gasteiger partial charge in [0.15, 0.2) is 0 Å². The Bertz CT molecular complexity index is 536. The van der Waals surface area contributed by atoms with Gasteiger partial charge in [-0.2, -0.15) is 0 Å². The van der Waals surface area contributed by atoms with Gasteiger partial charge in [-0.05, 0) is 59.4 Å². The molecule has 0 aromatic heterocycles. The highest BCUT2D eigenvalue weighted by atomic mass is 16.6. The molecular formula is C19H30N2O2. The van der Waals surface area contributed by atoms with E-state index in [-0.39, 0.29) is 12.1 Å². The topological polar surface area (TPSA) is 50.4 Å². The summed E-state index contributed by atoms with van der Waals surface area (Å²) in [5.74, 6) is 0. The normalized spacial score (nSPS) is 21.6. The van der Waals surface area contributed by atoms with Gasteiger partial charge in [0.25, 0.3) is 0 Å². The SMILES string of the molecule is Cc1cccc(CCC(C)NC2CC2NC(=O)OC(C)(C)C)c1. The molecule has 4 nitrogen and oxygen atoms in total. The van der Waals surface area contributed by atoms with Crippen LogP contribution >= 0.6 is 0 Å². The maximum absolute atomic E-state index is 11.7. The fraction of sp³-hybridized carbons (Fsp3) is 0.632. The van der Waals surface area contributed by atoms with Crippen molar-refractivity contribution in [3.05, 3.63) is 35.4 Å². The Morgan fingerprint density at radius 2 is 2.09 bits per heavy atom. The van der Waals surface area contributed by atoms with E-state index in [4.69, 9.17) is 4.74 Å². The van der Waals surface area contributed by atoms with Crippen LogP contribution < -0.4 is 10.6 Å². The van der Waals surface area contributed by atoms with Crippen LogP contribution in [0.1, 0.15) is 51.7 Å². The molecule has 0 aliphatic heterocycles. The van der Waals surface area contributed by atoms with Crippen molar-refractivity contribution in [1.29, 1.82) is 0 Å². The van der Waals surface area contributed by atoms with Gasteiger partial charge in [0.1, 0.15) is 5.60 Å². The Labute approximate surface area is 140 Å². The van der Waals surface area contributed by atoms with Crippen LogP contribution in [0.3, 0.4) is 0 Å². The predicted octanol–water partition coefficient (Wildman–Crippen LogP) is 3.57. The van der Waals surface area contributed by atoms with E-state index in [9.17, 15) is 4.79 Å². The van der Waals surface area contributed by atoms with Gasteiger partial charge in [-0.25, -0.2) is 4.79 Å². The molecule has 1 aromatic rings. The van der Waals surface area contributed by atoms with Gasteiger partial charge in [0, 0.05) is 18.1 Å². The Balaban J connectivity index is 1.65. The third kappa shape index (κ3) is 6.61. The molecule has 1 aliphatic rings. The summed E-state index contributed by atoms with van der Waals surface area (Å²) in [4.78, 5) is 11.7. The van der Waals surface area contributed by atoms with E-state index in [0.29, 0.717) is 12.1 Å². The molecule has 2 N–H and O–H groups in total. The minimum absolute atomic E-state index is 0.200. The number of benzene rings is 1. The van der Waals surface area contributed by atoms with Gasteiger partial charge in [0.2, 0.25) is 0 Å². The molecule has 1 aliphatic carbocycles. The van der Waals surface area contributed by atoms with Gasteiger partial charge >= 0.3 is 6.09 Å². The second-order valence-electron chi connectivity index (χ2n) is 7.69. The molecule has 1 aromatic carbocycles. The van der Waals surface area contributed by atoms with Gasteiger partial charge in [-0.1, -0.05) is 29.8 Å². The van der Waals surface area contributed by atoms with Crippen molar-refractivity contribution in [2.24, 2.45) is 0 Å². The number of aryl methyl sites for hydroxylation is 2. The van der Waals surface area contributed by atoms with Gasteiger partial charge in [-0.15, -0.1) is 0 Å². The summed E-state index contributed by atoms with van der Waals surface area (Å²) in [6, 6.07) is 9.68. The van der Waals surface area contributed by atoms with Crippen LogP contribution in [-0.4, -0.2) is 29.8 Å². The van der Waals surface area contributed by atoms with Crippen molar-refractivity contribution >= 4 is 6.09 Å². The molecule has 0 radical (unpaired) electrons. The molecule has 0 bridgehead atoms. The predicted molar refractivity (Wildman–Crippen MR) is 93.7 cm³/mol. The first-order valence-electron chi connectivity index (χ1n) is 8.54. The molecule has 23 heavy (non-hydrogen) atoms. The van der Waals surface area contributed by atoms with E-state index in [1.807, 2.05) is 20.8 Å². The number of hydrogen-bond acceptors (Lipinski definition) is 3. The summed E-state index contributed by atoms with van der Waals surface area (Å²) in [5, 5.41) is 6.51. The quantitative estimate of drug-likeness (QED) is 0.843. The third-order valence-electron chi connectivity index (χ3n) is 3.94. The Morgan fingerprint density at radius 3 is 2.74 bits per heavy atom. The lowest BCUT2D eigenvalue weighted by molar-refractivity contribution is 0.0522. The van der Waals surface area contributed by atoms with Crippen molar-refractivity contribution in [3.63, 3.8) is 0 Å². The average molecular weight is 318 g/mol. The second kappa shape index (κ2) is 7.35. The zero-order valence-corrected chi connectivity index (χ0v) is 15.0. The molecule has 3 unspecified atom stereocenters. The largest absolute Gasteiger partial charge is 0.444 e. The van der Waals surface area contributed by atoms with E-state index in [1.165, 1.54) is 11.1 Å². The van der Waals surface area contributed by atoms with E-state index < -0.39 is 5.60 Å². The van der Waals surface area contributed by atoms with Gasteiger partial charge in [0.05, 0.1) is 0 Å². The number of hydrogen-bond donors (Lipinski definition) is 2. The van der Waals surface area contributed by atoms with Crippen LogP contribution in [0.5, 0.6) is 0 Å². The molecule has 1 amide bonds. The number of ether oxygens (including phenoxy) is 1. The highest BCUT2D eigenvalue weighted by molar-refractivity contribution is 5.68. The minimum Gasteiger partial charge on any atom is -0.444 e. The molecule has 1 saturated carbocycles. The third-order valence-corrected chi connectivity index (χ3v) is 3.94. The summed E-state index contributed by atoms with van der Waals surface area (Å²) in [6.45, 7) is 9.97. The maximum atomic E-state index is 11.7. The maximum Gasteiger partial charge on any atom is 0.407 e. The zero-order valence-electron chi connectivity index (χ0n) is 15.0. The average Bonchev–Trinajstić information content (AvgIpc) is 3.11. The summed E-state index contributed by atoms with van der Waals surface area (Å²) < 4.78 is 5.28. The number of nitrogens with one attached hydrogen (secondary N) is 2. The lowest BCUT2D eigenvalue weighted by Gasteiger charge is -2.20. The highest BCUT2D eigenvalue weighted by Gasteiger charge is 2.39. The molecular weight excluding hydrogens is 288 g/mol. The van der Waals surface area contributed by atoms with Crippen molar-refractivity contribution in [3.8, 4) is 0 Å². The van der Waals surface area contributed by atoms with E-state index in [2.05, 4.69) is 48.7 Å². The van der Waals surface area contributed by atoms with Crippen LogP contribution in [0, 0.1) is 6.92 Å². The number of carbonyl (C=O) groups is 1. The van der Waals surface area contributed by atoms with E-state index >= 15 is 0 Å². The summed E-state index contributed by atoms with van der Waals surface area (Å²) in [6.07, 6.45) is 2.83. The molecule has 1 fully saturated rings. The fourth-order valence-electron chi connectivity index (χ4n) is 2.70. The Hall–Kier alpha value is -1.55. The number of alkyl carbamates (subject to hydrolysis) is 1. The van der Waals surface area contributed by atoms with E-state index in [0.717, 1.165) is 19.3 Å². The molecule has 3 atom stereocenters. The Kier molecular flexibility index (Phi) is 5.69. The summed E-state index contributed by atoms with van der Waals surface area (Å²) in [5.41, 5.74) is 2.26. The first kappa shape index (κ1) is 17.8. The highest BCUT2D eigenvalue weighted by Crippen LogP contribution is 2.23. The monoisotopic (exact) mass is 318 g/mol. The van der Waals surface area contributed by atoms with Crippen LogP contribution in [0.25, 0.3) is 0 Å². The second-order valence-corrected chi connectivity index (χ2v) is 7.69. The van der Waals surface area contributed by atoms with E-state index in [1.54, 1.807) is 0 Å². The zero-order chi connectivity index (χ0) is 17.0. The van der Waals surface area contributed by atoms with Crippen molar-refractivity contribution in [1.82, 2.24) is 10.6 Å². The van der Waals surface area contributed by atoms with Crippen LogP contribution in [0.4, 0.5) is 4.79 Å². The lowest BCUT2D eigenvalue weighted by atomic mass is 10.0. The molecule has 4 heteroatoms. The number of rotatable bonds is 6. The number of amides is 1. The van der Waals surface area contributed by atoms with Gasteiger partial charge in [-0.3, -0.25) is 0 Å². The first-order chi connectivity index (χ1) is 10.7.